The van der Waals surface area contributed by atoms with E-state index in [1.54, 1.807) is 21.0 Å². The summed E-state index contributed by atoms with van der Waals surface area (Å²) in [6.45, 7) is 6.30. The molecule has 0 aliphatic rings. The third kappa shape index (κ3) is 7.00. The first-order valence-electron chi connectivity index (χ1n) is 12.3. The van der Waals surface area contributed by atoms with Crippen LogP contribution < -0.4 is 10.1 Å². The smallest absolute Gasteiger partial charge is 0.243 e. The Morgan fingerprint density at radius 2 is 1.74 bits per heavy atom. The minimum Gasteiger partial charge on any atom is -0.495 e. The number of aryl methyl sites for hydroxylation is 1. The Hall–Kier alpha value is -3.22. The van der Waals surface area contributed by atoms with Crippen molar-refractivity contribution in [3.8, 4) is 11.4 Å². The van der Waals surface area contributed by atoms with Gasteiger partial charge in [-0.15, -0.1) is 10.2 Å². The first-order chi connectivity index (χ1) is 18.2. The van der Waals surface area contributed by atoms with Crippen molar-refractivity contribution >= 4 is 33.5 Å². The summed E-state index contributed by atoms with van der Waals surface area (Å²) in [5, 5.41) is 12.0. The number of hydrogen-bond acceptors (Lipinski definition) is 8. The maximum Gasteiger partial charge on any atom is 0.243 e. The first kappa shape index (κ1) is 29.3. The van der Waals surface area contributed by atoms with Gasteiger partial charge in [-0.3, -0.25) is 14.2 Å². The molecule has 204 valence electrons. The van der Waals surface area contributed by atoms with Crippen molar-refractivity contribution in [2.24, 2.45) is 0 Å². The van der Waals surface area contributed by atoms with Crippen LogP contribution in [0.25, 0.3) is 5.69 Å². The van der Waals surface area contributed by atoms with E-state index >= 15 is 0 Å². The second kappa shape index (κ2) is 13.5. The summed E-state index contributed by atoms with van der Waals surface area (Å²) in [6, 6.07) is 13.5. The summed E-state index contributed by atoms with van der Waals surface area (Å²) in [4.78, 5) is 24.3. The average Bonchev–Trinajstić information content (AvgIpc) is 3.32. The molecule has 1 aromatic heterocycles. The van der Waals surface area contributed by atoms with Crippen LogP contribution >= 0.6 is 11.8 Å². The van der Waals surface area contributed by atoms with Crippen LogP contribution in [-0.2, 0) is 21.2 Å². The molecule has 0 unspecified atom stereocenters. The second-order valence-electron chi connectivity index (χ2n) is 8.32. The van der Waals surface area contributed by atoms with Gasteiger partial charge in [0.2, 0.25) is 15.9 Å². The topological polar surface area (TPSA) is 123 Å². The number of aromatic nitrogens is 3. The van der Waals surface area contributed by atoms with Crippen LogP contribution in [0.4, 0.5) is 0 Å². The number of amides is 1. The second-order valence-corrected chi connectivity index (χ2v) is 11.2. The van der Waals surface area contributed by atoms with E-state index in [0.717, 1.165) is 5.69 Å². The standard InChI is InChI=1S/C26H33N5O5S2/c1-5-30(6-2)38(34,35)21-15-13-20(14-16-21)23(33)18-37-26-29-28-25(12-9-17-27-19(3)32)31(26)22-10-7-8-11-24(22)36-4/h7-8,10-11,13-16H,5-6,9,12,17-18H2,1-4H3,(H,27,32). The van der Waals surface area contributed by atoms with E-state index in [1.165, 1.54) is 47.3 Å². The lowest BCUT2D eigenvalue weighted by atomic mass is 10.1. The molecular weight excluding hydrogens is 526 g/mol. The van der Waals surface area contributed by atoms with E-state index in [-0.39, 0.29) is 22.3 Å². The monoisotopic (exact) mass is 559 g/mol. The third-order valence-corrected chi connectivity index (χ3v) is 8.82. The number of sulfonamides is 1. The van der Waals surface area contributed by atoms with Crippen LogP contribution in [-0.4, -0.2) is 71.7 Å². The van der Waals surface area contributed by atoms with Crippen LogP contribution in [0.3, 0.4) is 0 Å². The minimum absolute atomic E-state index is 0.0846. The molecule has 1 amide bonds. The summed E-state index contributed by atoms with van der Waals surface area (Å²) in [5.74, 6) is 1.14. The molecule has 10 nitrogen and oxygen atoms in total. The van der Waals surface area contributed by atoms with Crippen molar-refractivity contribution in [2.45, 2.75) is 43.7 Å². The van der Waals surface area contributed by atoms with Gasteiger partial charge in [0.15, 0.2) is 10.9 Å². The van der Waals surface area contributed by atoms with Crippen molar-refractivity contribution in [3.63, 3.8) is 0 Å². The summed E-state index contributed by atoms with van der Waals surface area (Å²) in [7, 11) is -2.01. The fraction of sp³-hybridized carbons (Fsp3) is 0.385. The number of nitrogens with zero attached hydrogens (tertiary/aromatic N) is 4. The van der Waals surface area contributed by atoms with Crippen molar-refractivity contribution in [2.75, 3.05) is 32.5 Å². The van der Waals surface area contributed by atoms with Crippen molar-refractivity contribution in [1.82, 2.24) is 24.4 Å². The zero-order valence-electron chi connectivity index (χ0n) is 22.0. The number of ether oxygens (including phenoxy) is 1. The number of ketones is 1. The van der Waals surface area contributed by atoms with E-state index in [1.807, 2.05) is 28.8 Å². The molecule has 0 spiro atoms. The highest BCUT2D eigenvalue weighted by atomic mass is 32.2. The van der Waals surface area contributed by atoms with Crippen LogP contribution in [0.5, 0.6) is 5.75 Å². The van der Waals surface area contributed by atoms with E-state index in [9.17, 15) is 18.0 Å². The summed E-state index contributed by atoms with van der Waals surface area (Å²) in [5.41, 5.74) is 1.16. The van der Waals surface area contributed by atoms with Crippen LogP contribution in [0.15, 0.2) is 58.6 Å². The number of Topliss-reactive ketones (excluding diaryl/α,β-unsaturated/α-hetero) is 1. The van der Waals surface area contributed by atoms with E-state index < -0.39 is 10.0 Å². The molecule has 0 bridgehead atoms. The normalized spacial score (nSPS) is 11.5. The summed E-state index contributed by atoms with van der Waals surface area (Å²) in [6.07, 6.45) is 1.22. The van der Waals surface area contributed by atoms with Crippen molar-refractivity contribution in [3.05, 3.63) is 59.9 Å². The fourth-order valence-corrected chi connectivity index (χ4v) is 6.18. The predicted octanol–water partition coefficient (Wildman–Crippen LogP) is 3.35. The maximum atomic E-state index is 13.0. The van der Waals surface area contributed by atoms with Gasteiger partial charge >= 0.3 is 0 Å². The highest BCUT2D eigenvalue weighted by Crippen LogP contribution is 2.29. The number of carbonyl (C=O) groups is 2. The van der Waals surface area contributed by atoms with E-state index in [4.69, 9.17) is 4.74 Å². The molecule has 0 atom stereocenters. The van der Waals surface area contributed by atoms with Gasteiger partial charge in [0.05, 0.1) is 23.4 Å². The van der Waals surface area contributed by atoms with Gasteiger partial charge in [-0.25, -0.2) is 8.42 Å². The molecule has 0 saturated heterocycles. The molecule has 12 heteroatoms. The maximum absolute atomic E-state index is 13.0. The Morgan fingerprint density at radius 3 is 2.37 bits per heavy atom. The van der Waals surface area contributed by atoms with E-state index in [0.29, 0.717) is 54.8 Å². The van der Waals surface area contributed by atoms with E-state index in [2.05, 4.69) is 15.5 Å². The zero-order chi connectivity index (χ0) is 27.7. The van der Waals surface area contributed by atoms with Gasteiger partial charge in [-0.1, -0.05) is 49.9 Å². The molecule has 1 N–H and O–H groups in total. The Morgan fingerprint density at radius 1 is 1.05 bits per heavy atom. The third-order valence-electron chi connectivity index (χ3n) is 5.83. The van der Waals surface area contributed by atoms with Gasteiger partial charge < -0.3 is 10.1 Å². The van der Waals surface area contributed by atoms with Crippen molar-refractivity contribution < 1.29 is 22.7 Å². The average molecular weight is 560 g/mol. The van der Waals surface area contributed by atoms with Crippen LogP contribution in [0.1, 0.15) is 43.4 Å². The molecule has 0 saturated carbocycles. The highest BCUT2D eigenvalue weighted by molar-refractivity contribution is 7.99. The predicted molar refractivity (Wildman–Crippen MR) is 147 cm³/mol. The fourth-order valence-electron chi connectivity index (χ4n) is 3.86. The van der Waals surface area contributed by atoms with Gasteiger partial charge in [-0.05, 0) is 30.7 Å². The number of benzene rings is 2. The Labute approximate surface area is 227 Å². The number of carbonyl (C=O) groups excluding carboxylic acids is 2. The van der Waals surface area contributed by atoms with Gasteiger partial charge in [0, 0.05) is 38.5 Å². The van der Waals surface area contributed by atoms with Gasteiger partial charge in [0.1, 0.15) is 11.6 Å². The Kier molecular flexibility index (Phi) is 10.5. The van der Waals surface area contributed by atoms with Gasteiger partial charge in [0.25, 0.3) is 0 Å². The molecule has 0 radical (unpaired) electrons. The molecule has 0 fully saturated rings. The molecular formula is C26H33N5O5S2. The number of rotatable bonds is 14. The number of thioether (sulfide) groups is 1. The lowest BCUT2D eigenvalue weighted by Gasteiger charge is -2.18. The molecule has 38 heavy (non-hydrogen) atoms. The van der Waals surface area contributed by atoms with Crippen LogP contribution in [0.2, 0.25) is 0 Å². The zero-order valence-corrected chi connectivity index (χ0v) is 23.6. The molecule has 2 aromatic carbocycles. The molecule has 3 rings (SSSR count). The number of nitrogens with one attached hydrogen (secondary N) is 1. The SMILES string of the molecule is CCN(CC)S(=O)(=O)c1ccc(C(=O)CSc2nnc(CCCNC(C)=O)n2-c2ccccc2OC)cc1. The lowest BCUT2D eigenvalue weighted by molar-refractivity contribution is -0.118. The summed E-state index contributed by atoms with van der Waals surface area (Å²) >= 11 is 1.24. The molecule has 1 heterocycles. The number of methoxy groups -OCH3 is 1. The Balaban J connectivity index is 1.79. The quantitative estimate of drug-likeness (QED) is 0.181. The first-order valence-corrected chi connectivity index (χ1v) is 14.7. The lowest BCUT2D eigenvalue weighted by Crippen LogP contribution is -2.30. The van der Waals surface area contributed by atoms with Crippen molar-refractivity contribution in [1.29, 1.82) is 0 Å². The largest absolute Gasteiger partial charge is 0.495 e. The molecule has 0 aliphatic carbocycles. The summed E-state index contributed by atoms with van der Waals surface area (Å²) < 4.78 is 34.2. The Bertz CT molecular complexity index is 1350. The highest BCUT2D eigenvalue weighted by Gasteiger charge is 2.22. The molecule has 0 aliphatic heterocycles. The van der Waals surface area contributed by atoms with Crippen LogP contribution in [0, 0.1) is 0 Å². The number of hydrogen-bond donors (Lipinski definition) is 1. The molecule has 3 aromatic rings. The van der Waals surface area contributed by atoms with Gasteiger partial charge in [-0.2, -0.15) is 4.31 Å². The number of para-hydroxylation sites is 2. The minimum atomic E-state index is -3.59.